The molecule has 0 amide bonds. The molecule has 0 bridgehead atoms. The molecule has 1 unspecified atom stereocenters. The van der Waals surface area contributed by atoms with Crippen molar-refractivity contribution in [1.29, 1.82) is 0 Å². The van der Waals surface area contributed by atoms with Crippen molar-refractivity contribution < 1.29 is 9.84 Å². The van der Waals surface area contributed by atoms with Crippen molar-refractivity contribution in [2.45, 2.75) is 6.04 Å². The largest absolute Gasteiger partial charge is 0.475 e. The molecule has 0 aromatic heterocycles. The number of hydrogen-bond acceptors (Lipinski definition) is 4. The molecule has 0 radical (unpaired) electrons. The predicted octanol–water partition coefficient (Wildman–Crippen LogP) is -0.752. The van der Waals surface area contributed by atoms with Gasteiger partial charge in [-0.1, -0.05) is 0 Å². The molecule has 1 rings (SSSR count). The molecule has 4 heteroatoms. The summed E-state index contributed by atoms with van der Waals surface area (Å²) in [6.07, 6.45) is 2.92. The number of rotatable bonds is 2. The van der Waals surface area contributed by atoms with Crippen molar-refractivity contribution in [3.63, 3.8) is 0 Å². The highest BCUT2D eigenvalue weighted by Crippen LogP contribution is 2.03. The summed E-state index contributed by atoms with van der Waals surface area (Å²) in [5, 5.41) is 8.61. The third-order valence-electron chi connectivity index (χ3n) is 1.18. The first-order valence-corrected chi connectivity index (χ1v) is 3.06. The normalized spacial score (nSPS) is 24.9. The molecule has 4 nitrogen and oxygen atoms in total. The van der Waals surface area contributed by atoms with Crippen molar-refractivity contribution >= 4 is 5.90 Å². The fraction of sp³-hybridized carbons (Fsp3) is 0.500. The van der Waals surface area contributed by atoms with Gasteiger partial charge in [0.2, 0.25) is 5.90 Å². The van der Waals surface area contributed by atoms with Gasteiger partial charge in [-0.2, -0.15) is 0 Å². The molecule has 1 atom stereocenters. The fourth-order valence-corrected chi connectivity index (χ4v) is 0.703. The van der Waals surface area contributed by atoms with E-state index in [1.807, 2.05) is 0 Å². The lowest BCUT2D eigenvalue weighted by Crippen LogP contribution is -2.10. The number of nitrogens with zero attached hydrogens (tertiary/aromatic N) is 1. The van der Waals surface area contributed by atoms with E-state index < -0.39 is 0 Å². The van der Waals surface area contributed by atoms with Crippen LogP contribution in [0.2, 0.25) is 0 Å². The number of aliphatic imine (C=N–C) groups is 1. The van der Waals surface area contributed by atoms with E-state index in [1.54, 1.807) is 6.08 Å². The molecule has 0 spiro atoms. The molecule has 0 aliphatic carbocycles. The molecule has 0 aromatic carbocycles. The summed E-state index contributed by atoms with van der Waals surface area (Å²) in [7, 11) is 0. The number of nitrogens with two attached hydrogens (primary N) is 1. The minimum atomic E-state index is -0.105. The van der Waals surface area contributed by atoms with Crippen molar-refractivity contribution in [3.05, 3.63) is 12.3 Å². The molecule has 3 N–H and O–H groups in total. The highest BCUT2D eigenvalue weighted by atomic mass is 16.5. The lowest BCUT2D eigenvalue weighted by molar-refractivity contribution is 0.228. The fourth-order valence-electron chi connectivity index (χ4n) is 0.703. The zero-order valence-corrected chi connectivity index (χ0v) is 5.53. The smallest absolute Gasteiger partial charge is 0.210 e. The van der Waals surface area contributed by atoms with Gasteiger partial charge in [-0.3, -0.25) is 0 Å². The third-order valence-corrected chi connectivity index (χ3v) is 1.18. The topological polar surface area (TPSA) is 67.8 Å². The van der Waals surface area contributed by atoms with Crippen LogP contribution in [0.4, 0.5) is 0 Å². The monoisotopic (exact) mass is 142 g/mol. The molecule has 0 aromatic rings. The average Bonchev–Trinajstić information content (AvgIpc) is 2.37. The summed E-state index contributed by atoms with van der Waals surface area (Å²) in [5.41, 5.74) is 5.09. The summed E-state index contributed by atoms with van der Waals surface area (Å²) in [6.45, 7) is 0.484. The SMILES string of the molecule is N/C=C\C1=NC(CO)CO1. The van der Waals surface area contributed by atoms with E-state index in [1.165, 1.54) is 6.20 Å². The summed E-state index contributed by atoms with van der Waals surface area (Å²) in [6, 6.07) is -0.105. The predicted molar refractivity (Wildman–Crippen MR) is 37.6 cm³/mol. The van der Waals surface area contributed by atoms with Crippen molar-refractivity contribution in [3.8, 4) is 0 Å². The highest BCUT2D eigenvalue weighted by molar-refractivity contribution is 5.88. The molecule has 1 heterocycles. The van der Waals surface area contributed by atoms with Crippen LogP contribution in [0.1, 0.15) is 0 Å². The average molecular weight is 142 g/mol. The van der Waals surface area contributed by atoms with Gasteiger partial charge in [0.1, 0.15) is 12.6 Å². The molecular formula is C6H10N2O2. The Labute approximate surface area is 59.0 Å². The standard InChI is InChI=1S/C6H10N2O2/c7-2-1-6-8-5(3-9)4-10-6/h1-2,5,9H,3-4,7H2/b2-1-. The van der Waals surface area contributed by atoms with E-state index >= 15 is 0 Å². The Morgan fingerprint density at radius 1 is 1.90 bits per heavy atom. The van der Waals surface area contributed by atoms with E-state index in [0.29, 0.717) is 12.5 Å². The van der Waals surface area contributed by atoms with E-state index in [0.717, 1.165) is 0 Å². The number of aliphatic hydroxyl groups excluding tert-OH is 1. The second-order valence-corrected chi connectivity index (χ2v) is 1.97. The first-order valence-electron chi connectivity index (χ1n) is 3.06. The Balaban J connectivity index is 2.48. The maximum absolute atomic E-state index is 8.61. The molecule has 56 valence electrons. The minimum Gasteiger partial charge on any atom is -0.475 e. The van der Waals surface area contributed by atoms with E-state index in [2.05, 4.69) is 4.99 Å². The third kappa shape index (κ3) is 1.48. The molecule has 0 fully saturated rings. The molecule has 1 aliphatic rings. The molecule has 10 heavy (non-hydrogen) atoms. The van der Waals surface area contributed by atoms with Gasteiger partial charge in [-0.05, 0) is 6.20 Å². The van der Waals surface area contributed by atoms with Crippen LogP contribution < -0.4 is 5.73 Å². The zero-order valence-electron chi connectivity index (χ0n) is 5.53. The molecule has 1 aliphatic heterocycles. The van der Waals surface area contributed by atoms with Gasteiger partial charge in [0.25, 0.3) is 0 Å². The van der Waals surface area contributed by atoms with Crippen LogP contribution in [0, 0.1) is 0 Å². The lowest BCUT2D eigenvalue weighted by Gasteiger charge is -1.95. The Kier molecular flexibility index (Phi) is 2.28. The molecule has 0 saturated carbocycles. The maximum Gasteiger partial charge on any atom is 0.210 e. The van der Waals surface area contributed by atoms with Gasteiger partial charge < -0.3 is 15.6 Å². The van der Waals surface area contributed by atoms with E-state index in [-0.39, 0.29) is 12.6 Å². The van der Waals surface area contributed by atoms with E-state index in [4.69, 9.17) is 15.6 Å². The van der Waals surface area contributed by atoms with Crippen LogP contribution in [0.3, 0.4) is 0 Å². The molecular weight excluding hydrogens is 132 g/mol. The van der Waals surface area contributed by atoms with Gasteiger partial charge in [0.05, 0.1) is 6.61 Å². The number of hydrogen-bond donors (Lipinski definition) is 2. The number of aliphatic hydroxyl groups is 1. The summed E-state index contributed by atoms with van der Waals surface area (Å²) in [5.74, 6) is 0.501. The second-order valence-electron chi connectivity index (χ2n) is 1.97. The van der Waals surface area contributed by atoms with Crippen LogP contribution in [-0.2, 0) is 4.74 Å². The summed E-state index contributed by atoms with van der Waals surface area (Å²) >= 11 is 0. The first-order chi connectivity index (χ1) is 4.86. The van der Waals surface area contributed by atoms with Crippen LogP contribution >= 0.6 is 0 Å². The first kappa shape index (κ1) is 7.08. The van der Waals surface area contributed by atoms with Crippen LogP contribution in [0.25, 0.3) is 0 Å². The van der Waals surface area contributed by atoms with Gasteiger partial charge in [-0.25, -0.2) is 4.99 Å². The Hall–Kier alpha value is -1.03. The van der Waals surface area contributed by atoms with Gasteiger partial charge in [0, 0.05) is 6.08 Å². The second kappa shape index (κ2) is 3.22. The van der Waals surface area contributed by atoms with Crippen molar-refractivity contribution in [2.24, 2.45) is 10.7 Å². The van der Waals surface area contributed by atoms with Crippen molar-refractivity contribution in [1.82, 2.24) is 0 Å². The van der Waals surface area contributed by atoms with E-state index in [9.17, 15) is 0 Å². The maximum atomic E-state index is 8.61. The Morgan fingerprint density at radius 3 is 3.20 bits per heavy atom. The Bertz CT molecular complexity index is 165. The lowest BCUT2D eigenvalue weighted by atomic mass is 10.4. The number of ether oxygens (including phenoxy) is 1. The van der Waals surface area contributed by atoms with Gasteiger partial charge in [-0.15, -0.1) is 0 Å². The Morgan fingerprint density at radius 2 is 2.70 bits per heavy atom. The van der Waals surface area contributed by atoms with Crippen LogP contribution in [0.5, 0.6) is 0 Å². The summed E-state index contributed by atoms with van der Waals surface area (Å²) in [4.78, 5) is 3.97. The summed E-state index contributed by atoms with van der Waals surface area (Å²) < 4.78 is 5.02. The molecule has 0 saturated heterocycles. The van der Waals surface area contributed by atoms with Gasteiger partial charge in [0.15, 0.2) is 0 Å². The quantitative estimate of drug-likeness (QED) is 0.533. The minimum absolute atomic E-state index is 0.0297. The van der Waals surface area contributed by atoms with Crippen molar-refractivity contribution in [2.75, 3.05) is 13.2 Å². The highest BCUT2D eigenvalue weighted by Gasteiger charge is 2.14. The zero-order chi connectivity index (χ0) is 7.40. The van der Waals surface area contributed by atoms with Crippen LogP contribution in [-0.4, -0.2) is 30.3 Å². The van der Waals surface area contributed by atoms with Gasteiger partial charge >= 0.3 is 0 Å². The van der Waals surface area contributed by atoms with Crippen LogP contribution in [0.15, 0.2) is 17.3 Å².